The van der Waals surface area contributed by atoms with Gasteiger partial charge in [-0.25, -0.2) is 4.57 Å². The van der Waals surface area contributed by atoms with Crippen molar-refractivity contribution in [3.8, 4) is 23.0 Å². The Balaban J connectivity index is 0.00000192. The Morgan fingerprint density at radius 3 is 2.09 bits per heavy atom. The molecule has 4 nitrogen and oxygen atoms in total. The maximum absolute atomic E-state index is 5.96. The first-order valence-corrected chi connectivity index (χ1v) is 6.98. The average molecular weight is 423 g/mol. The molecular formula is C18H18INO3. The number of halogens is 1. The Kier molecular flexibility index (Phi) is 5.65. The Hall–Kier alpha value is -2.02. The zero-order valence-corrected chi connectivity index (χ0v) is 15.4. The highest BCUT2D eigenvalue weighted by Crippen LogP contribution is 2.35. The SMILES string of the molecule is COc1ccc(Oc2cc3c[n+](C)ccc3cc2OC)cc1.[I-]. The summed E-state index contributed by atoms with van der Waals surface area (Å²) in [6, 6.07) is 13.5. The van der Waals surface area contributed by atoms with Gasteiger partial charge in [0.05, 0.1) is 14.2 Å². The average Bonchev–Trinajstić information content (AvgIpc) is 2.55. The maximum atomic E-state index is 5.96. The van der Waals surface area contributed by atoms with Crippen LogP contribution in [0.15, 0.2) is 54.9 Å². The van der Waals surface area contributed by atoms with Crippen molar-refractivity contribution in [2.24, 2.45) is 7.05 Å². The Labute approximate surface area is 152 Å². The molecule has 23 heavy (non-hydrogen) atoms. The summed E-state index contributed by atoms with van der Waals surface area (Å²) in [6.07, 6.45) is 4.06. The van der Waals surface area contributed by atoms with Gasteiger partial charge in [-0.2, -0.15) is 0 Å². The van der Waals surface area contributed by atoms with Crippen LogP contribution in [0.25, 0.3) is 10.8 Å². The van der Waals surface area contributed by atoms with E-state index in [1.807, 2.05) is 54.2 Å². The molecule has 0 unspecified atom stereocenters. The van der Waals surface area contributed by atoms with E-state index < -0.39 is 0 Å². The van der Waals surface area contributed by atoms with Crippen LogP contribution in [0.1, 0.15) is 0 Å². The van der Waals surface area contributed by atoms with Crippen LogP contribution in [-0.2, 0) is 7.05 Å². The van der Waals surface area contributed by atoms with Crippen molar-refractivity contribution in [2.45, 2.75) is 0 Å². The van der Waals surface area contributed by atoms with E-state index in [1.54, 1.807) is 14.2 Å². The molecule has 0 atom stereocenters. The fourth-order valence-electron chi connectivity index (χ4n) is 2.32. The number of pyridine rings is 1. The first kappa shape index (κ1) is 17.3. The number of aryl methyl sites for hydroxylation is 1. The Bertz CT molecular complexity index is 803. The highest BCUT2D eigenvalue weighted by atomic mass is 127. The van der Waals surface area contributed by atoms with Crippen LogP contribution in [0.3, 0.4) is 0 Å². The third kappa shape index (κ3) is 3.85. The monoisotopic (exact) mass is 423 g/mol. The van der Waals surface area contributed by atoms with Gasteiger partial charge in [-0.1, -0.05) is 0 Å². The van der Waals surface area contributed by atoms with Crippen molar-refractivity contribution in [3.05, 3.63) is 54.9 Å². The van der Waals surface area contributed by atoms with Crippen LogP contribution in [0.4, 0.5) is 0 Å². The van der Waals surface area contributed by atoms with E-state index in [0.29, 0.717) is 11.5 Å². The predicted molar refractivity (Wildman–Crippen MR) is 84.7 cm³/mol. The highest BCUT2D eigenvalue weighted by molar-refractivity contribution is 5.84. The standard InChI is InChI=1S/C18H18NO3.HI/c1-19-9-8-13-10-17(21-3)18(11-14(13)12-19)22-16-6-4-15(20-2)5-7-16;/h4-12H,1-3H3;1H/q+1;/p-1. The first-order valence-electron chi connectivity index (χ1n) is 6.98. The van der Waals surface area contributed by atoms with Gasteiger partial charge in [-0.3, -0.25) is 0 Å². The number of benzene rings is 2. The van der Waals surface area contributed by atoms with Gasteiger partial charge in [-0.15, -0.1) is 0 Å². The van der Waals surface area contributed by atoms with Gasteiger partial charge in [0.15, 0.2) is 23.9 Å². The molecule has 0 aliphatic carbocycles. The van der Waals surface area contributed by atoms with Crippen molar-refractivity contribution >= 4 is 10.8 Å². The number of rotatable bonds is 4. The lowest BCUT2D eigenvalue weighted by Gasteiger charge is -2.11. The van der Waals surface area contributed by atoms with E-state index in [9.17, 15) is 0 Å². The minimum Gasteiger partial charge on any atom is -1.00 e. The molecule has 0 saturated heterocycles. The fraction of sp³-hybridized carbons (Fsp3) is 0.167. The molecule has 0 aliphatic rings. The van der Waals surface area contributed by atoms with Crippen molar-refractivity contribution in [1.82, 2.24) is 0 Å². The van der Waals surface area contributed by atoms with Crippen LogP contribution >= 0.6 is 0 Å². The lowest BCUT2D eigenvalue weighted by molar-refractivity contribution is -0.670. The van der Waals surface area contributed by atoms with E-state index in [2.05, 4.69) is 12.3 Å². The second-order valence-electron chi connectivity index (χ2n) is 5.02. The minimum absolute atomic E-state index is 0. The summed E-state index contributed by atoms with van der Waals surface area (Å²) in [4.78, 5) is 0. The van der Waals surface area contributed by atoms with Crippen molar-refractivity contribution in [1.29, 1.82) is 0 Å². The summed E-state index contributed by atoms with van der Waals surface area (Å²) >= 11 is 0. The van der Waals surface area contributed by atoms with Gasteiger partial charge < -0.3 is 38.2 Å². The van der Waals surface area contributed by atoms with Gasteiger partial charge in [0.1, 0.15) is 18.5 Å². The molecule has 1 aromatic heterocycles. The molecule has 0 amide bonds. The topological polar surface area (TPSA) is 31.6 Å². The zero-order valence-electron chi connectivity index (χ0n) is 13.2. The largest absolute Gasteiger partial charge is 1.00 e. The smallest absolute Gasteiger partial charge is 0.176 e. The molecule has 0 spiro atoms. The summed E-state index contributed by atoms with van der Waals surface area (Å²) in [6.45, 7) is 0. The molecule has 5 heteroatoms. The Morgan fingerprint density at radius 2 is 1.43 bits per heavy atom. The van der Waals surface area contributed by atoms with Gasteiger partial charge in [0.25, 0.3) is 0 Å². The quantitative estimate of drug-likeness (QED) is 0.452. The molecule has 0 saturated carbocycles. The van der Waals surface area contributed by atoms with E-state index in [0.717, 1.165) is 22.3 Å². The number of nitrogens with zero attached hydrogens (tertiary/aromatic N) is 1. The van der Waals surface area contributed by atoms with Gasteiger partial charge in [-0.05, 0) is 41.8 Å². The molecule has 0 aliphatic heterocycles. The number of ether oxygens (including phenoxy) is 3. The molecule has 1 heterocycles. The number of hydrogen-bond donors (Lipinski definition) is 0. The lowest BCUT2D eigenvalue weighted by atomic mass is 10.1. The van der Waals surface area contributed by atoms with Crippen molar-refractivity contribution in [2.75, 3.05) is 14.2 Å². The number of fused-ring (bicyclic) bond motifs is 1. The molecular weight excluding hydrogens is 405 g/mol. The second kappa shape index (κ2) is 7.50. The van der Waals surface area contributed by atoms with Crippen LogP contribution in [0, 0.1) is 0 Å². The van der Waals surface area contributed by atoms with E-state index in [4.69, 9.17) is 14.2 Å². The molecule has 0 bridgehead atoms. The lowest BCUT2D eigenvalue weighted by Crippen LogP contribution is -3.00. The molecule has 0 fully saturated rings. The zero-order chi connectivity index (χ0) is 15.5. The Morgan fingerprint density at radius 1 is 0.783 bits per heavy atom. The van der Waals surface area contributed by atoms with E-state index >= 15 is 0 Å². The van der Waals surface area contributed by atoms with Gasteiger partial charge in [0.2, 0.25) is 0 Å². The number of hydrogen-bond acceptors (Lipinski definition) is 3. The van der Waals surface area contributed by atoms with E-state index in [1.165, 1.54) is 0 Å². The summed E-state index contributed by atoms with van der Waals surface area (Å²) in [7, 11) is 5.28. The molecule has 120 valence electrons. The van der Waals surface area contributed by atoms with Crippen LogP contribution < -0.4 is 42.8 Å². The fourth-order valence-corrected chi connectivity index (χ4v) is 2.32. The normalized spacial score (nSPS) is 10.0. The summed E-state index contributed by atoms with van der Waals surface area (Å²) in [5.74, 6) is 2.92. The van der Waals surface area contributed by atoms with Gasteiger partial charge in [0, 0.05) is 11.5 Å². The van der Waals surface area contributed by atoms with Crippen molar-refractivity contribution < 1.29 is 42.8 Å². The molecule has 3 rings (SSSR count). The molecule has 2 aromatic carbocycles. The second-order valence-corrected chi connectivity index (χ2v) is 5.02. The van der Waals surface area contributed by atoms with E-state index in [-0.39, 0.29) is 24.0 Å². The summed E-state index contributed by atoms with van der Waals surface area (Å²) in [5, 5.41) is 2.20. The molecule has 0 radical (unpaired) electrons. The summed E-state index contributed by atoms with van der Waals surface area (Å²) in [5.41, 5.74) is 0. The predicted octanol–water partition coefficient (Wildman–Crippen LogP) is 0.478. The number of methoxy groups -OCH3 is 2. The van der Waals surface area contributed by atoms with Crippen molar-refractivity contribution in [3.63, 3.8) is 0 Å². The maximum Gasteiger partial charge on any atom is 0.176 e. The van der Waals surface area contributed by atoms with Gasteiger partial charge >= 0.3 is 0 Å². The third-order valence-electron chi connectivity index (χ3n) is 3.49. The highest BCUT2D eigenvalue weighted by Gasteiger charge is 2.10. The minimum atomic E-state index is 0. The third-order valence-corrected chi connectivity index (χ3v) is 3.49. The van der Waals surface area contributed by atoms with Crippen LogP contribution in [0.2, 0.25) is 0 Å². The molecule has 3 aromatic rings. The summed E-state index contributed by atoms with van der Waals surface area (Å²) < 4.78 is 18.6. The molecule has 0 N–H and O–H groups in total. The van der Waals surface area contributed by atoms with Crippen LogP contribution in [0.5, 0.6) is 23.0 Å². The first-order chi connectivity index (χ1) is 10.7. The van der Waals surface area contributed by atoms with Crippen LogP contribution in [-0.4, -0.2) is 14.2 Å². The number of aromatic nitrogens is 1.